The van der Waals surface area contributed by atoms with Crippen LogP contribution in [0.15, 0.2) is 18.2 Å². The zero-order valence-corrected chi connectivity index (χ0v) is 11.9. The minimum absolute atomic E-state index is 0. The fourth-order valence-electron chi connectivity index (χ4n) is 1.30. The number of hydrogen-bond acceptors (Lipinski definition) is 1. The normalized spacial score (nSPS) is 10.3. The van der Waals surface area contributed by atoms with Crippen LogP contribution in [0.2, 0.25) is 10.0 Å². The van der Waals surface area contributed by atoms with Crippen molar-refractivity contribution in [3.05, 3.63) is 33.8 Å². The molecule has 0 bridgehead atoms. The van der Waals surface area contributed by atoms with Crippen molar-refractivity contribution in [1.82, 2.24) is 5.32 Å². The summed E-state index contributed by atoms with van der Waals surface area (Å²) in [7, 11) is 0. The van der Waals surface area contributed by atoms with Gasteiger partial charge >= 0.3 is 0 Å². The van der Waals surface area contributed by atoms with E-state index in [9.17, 15) is 0 Å². The first-order valence-corrected chi connectivity index (χ1v) is 6.00. The number of rotatable bonds is 5. The van der Waals surface area contributed by atoms with Gasteiger partial charge < -0.3 is 5.32 Å². The second-order valence-electron chi connectivity index (χ2n) is 4.07. The number of halogens is 3. The van der Waals surface area contributed by atoms with Gasteiger partial charge in [0, 0.05) is 6.54 Å². The Morgan fingerprint density at radius 3 is 2.56 bits per heavy atom. The first-order valence-electron chi connectivity index (χ1n) is 5.25. The maximum atomic E-state index is 6.06. The van der Waals surface area contributed by atoms with E-state index in [1.165, 1.54) is 6.42 Å². The Labute approximate surface area is 114 Å². The van der Waals surface area contributed by atoms with E-state index in [4.69, 9.17) is 23.2 Å². The first kappa shape index (κ1) is 16.1. The molecule has 0 aliphatic heterocycles. The summed E-state index contributed by atoms with van der Waals surface area (Å²) < 4.78 is 0. The maximum absolute atomic E-state index is 6.06. The van der Waals surface area contributed by atoms with Crippen LogP contribution in [0.5, 0.6) is 0 Å². The van der Waals surface area contributed by atoms with Gasteiger partial charge in [-0.25, -0.2) is 0 Å². The molecule has 0 heterocycles. The molecule has 1 rings (SSSR count). The second kappa shape index (κ2) is 8.19. The predicted molar refractivity (Wildman–Crippen MR) is 74.9 cm³/mol. The molecule has 1 aromatic carbocycles. The van der Waals surface area contributed by atoms with Gasteiger partial charge in [0.15, 0.2) is 0 Å². The molecule has 16 heavy (non-hydrogen) atoms. The lowest BCUT2D eigenvalue weighted by Crippen LogP contribution is -2.16. The third-order valence-electron chi connectivity index (χ3n) is 2.25. The summed E-state index contributed by atoms with van der Waals surface area (Å²) in [5.41, 5.74) is 1.06. The van der Waals surface area contributed by atoms with Gasteiger partial charge in [-0.15, -0.1) is 12.4 Å². The Morgan fingerprint density at radius 2 is 1.94 bits per heavy atom. The highest BCUT2D eigenvalue weighted by atomic mass is 35.5. The smallest absolute Gasteiger partial charge is 0.0637 e. The lowest BCUT2D eigenvalue weighted by molar-refractivity contribution is 0.537. The van der Waals surface area contributed by atoms with Crippen LogP contribution >= 0.6 is 35.6 Å². The summed E-state index contributed by atoms with van der Waals surface area (Å²) in [6, 6.07) is 5.73. The van der Waals surface area contributed by atoms with Crippen LogP contribution in [0.3, 0.4) is 0 Å². The fourth-order valence-corrected chi connectivity index (χ4v) is 1.69. The molecule has 0 fully saturated rings. The van der Waals surface area contributed by atoms with Crippen molar-refractivity contribution < 1.29 is 0 Å². The Morgan fingerprint density at radius 1 is 1.25 bits per heavy atom. The van der Waals surface area contributed by atoms with E-state index >= 15 is 0 Å². The van der Waals surface area contributed by atoms with Crippen LogP contribution < -0.4 is 5.32 Å². The summed E-state index contributed by atoms with van der Waals surface area (Å²) in [5.74, 6) is 0.729. The average Bonchev–Trinajstić information content (AvgIpc) is 2.18. The third-order valence-corrected chi connectivity index (χ3v) is 3.10. The minimum atomic E-state index is 0. The highest BCUT2D eigenvalue weighted by Crippen LogP contribution is 2.25. The molecule has 0 saturated carbocycles. The van der Waals surface area contributed by atoms with Gasteiger partial charge in [0.25, 0.3) is 0 Å². The molecule has 0 saturated heterocycles. The molecule has 92 valence electrons. The van der Waals surface area contributed by atoms with Crippen LogP contribution in [0.25, 0.3) is 0 Å². The first-order chi connectivity index (χ1) is 7.11. The van der Waals surface area contributed by atoms with Gasteiger partial charge in [-0.3, -0.25) is 0 Å². The second-order valence-corrected chi connectivity index (χ2v) is 4.86. The third kappa shape index (κ3) is 5.40. The van der Waals surface area contributed by atoms with Crippen molar-refractivity contribution >= 4 is 35.6 Å². The van der Waals surface area contributed by atoms with Gasteiger partial charge in [-0.1, -0.05) is 49.2 Å². The monoisotopic (exact) mass is 281 g/mol. The largest absolute Gasteiger partial charge is 0.313 e. The van der Waals surface area contributed by atoms with Gasteiger partial charge in [-0.2, -0.15) is 0 Å². The summed E-state index contributed by atoms with van der Waals surface area (Å²) in [4.78, 5) is 0. The van der Waals surface area contributed by atoms with Crippen molar-refractivity contribution in [2.45, 2.75) is 26.8 Å². The molecule has 0 aromatic heterocycles. The van der Waals surface area contributed by atoms with Crippen molar-refractivity contribution in [3.63, 3.8) is 0 Å². The average molecular weight is 283 g/mol. The van der Waals surface area contributed by atoms with E-state index in [2.05, 4.69) is 19.2 Å². The zero-order chi connectivity index (χ0) is 11.3. The predicted octanol–water partition coefficient (Wildman–Crippen LogP) is 4.55. The Balaban J connectivity index is 0.00000225. The molecule has 1 aromatic rings. The Kier molecular flexibility index (Phi) is 8.21. The quantitative estimate of drug-likeness (QED) is 0.781. The summed E-state index contributed by atoms with van der Waals surface area (Å²) in [5, 5.41) is 4.65. The molecule has 0 spiro atoms. The van der Waals surface area contributed by atoms with E-state index in [1.54, 1.807) is 0 Å². The van der Waals surface area contributed by atoms with E-state index in [-0.39, 0.29) is 12.4 Å². The lowest BCUT2D eigenvalue weighted by atomic mass is 10.1. The summed E-state index contributed by atoms with van der Waals surface area (Å²) in [6.45, 7) is 6.23. The molecule has 0 atom stereocenters. The SMILES string of the molecule is CC(C)CCNCc1cccc(Cl)c1Cl.Cl. The summed E-state index contributed by atoms with van der Waals surface area (Å²) in [6.07, 6.45) is 1.18. The molecule has 0 aliphatic rings. The molecule has 0 unspecified atom stereocenters. The lowest BCUT2D eigenvalue weighted by Gasteiger charge is -2.08. The topological polar surface area (TPSA) is 12.0 Å². The molecule has 0 radical (unpaired) electrons. The van der Waals surface area contributed by atoms with Gasteiger partial charge in [0.2, 0.25) is 0 Å². The van der Waals surface area contributed by atoms with Crippen LogP contribution in [0, 0.1) is 5.92 Å². The van der Waals surface area contributed by atoms with Crippen LogP contribution in [-0.2, 0) is 6.54 Å². The van der Waals surface area contributed by atoms with E-state index in [0.29, 0.717) is 10.0 Å². The van der Waals surface area contributed by atoms with Crippen molar-refractivity contribution in [2.24, 2.45) is 5.92 Å². The standard InChI is InChI=1S/C12H17Cl2N.ClH/c1-9(2)6-7-15-8-10-4-3-5-11(13)12(10)14;/h3-5,9,15H,6-8H2,1-2H3;1H. The van der Waals surface area contributed by atoms with Crippen LogP contribution in [-0.4, -0.2) is 6.54 Å². The summed E-state index contributed by atoms with van der Waals surface area (Å²) >= 11 is 12.0. The highest BCUT2D eigenvalue weighted by Gasteiger charge is 2.03. The van der Waals surface area contributed by atoms with Crippen molar-refractivity contribution in [3.8, 4) is 0 Å². The highest BCUT2D eigenvalue weighted by molar-refractivity contribution is 6.42. The number of hydrogen-bond donors (Lipinski definition) is 1. The Hall–Kier alpha value is 0.0500. The minimum Gasteiger partial charge on any atom is -0.313 e. The van der Waals surface area contributed by atoms with Gasteiger partial charge in [-0.05, 0) is 30.5 Å². The molecule has 1 N–H and O–H groups in total. The molecule has 0 amide bonds. The van der Waals surface area contributed by atoms with Crippen molar-refractivity contribution in [2.75, 3.05) is 6.54 Å². The molecule has 0 aliphatic carbocycles. The van der Waals surface area contributed by atoms with Crippen LogP contribution in [0.4, 0.5) is 0 Å². The molecule has 4 heteroatoms. The maximum Gasteiger partial charge on any atom is 0.0637 e. The van der Waals surface area contributed by atoms with Crippen molar-refractivity contribution in [1.29, 1.82) is 0 Å². The zero-order valence-electron chi connectivity index (χ0n) is 9.59. The fraction of sp³-hybridized carbons (Fsp3) is 0.500. The number of nitrogens with one attached hydrogen (secondary N) is 1. The molecular weight excluding hydrogens is 264 g/mol. The Bertz CT molecular complexity index is 313. The molecular formula is C12H18Cl3N. The van der Waals surface area contributed by atoms with E-state index < -0.39 is 0 Å². The van der Waals surface area contributed by atoms with E-state index in [0.717, 1.165) is 24.6 Å². The van der Waals surface area contributed by atoms with Gasteiger partial charge in [0.1, 0.15) is 0 Å². The number of benzene rings is 1. The van der Waals surface area contributed by atoms with Crippen LogP contribution in [0.1, 0.15) is 25.8 Å². The molecule has 1 nitrogen and oxygen atoms in total. The van der Waals surface area contributed by atoms with Gasteiger partial charge in [0.05, 0.1) is 10.0 Å². The van der Waals surface area contributed by atoms with E-state index in [1.807, 2.05) is 18.2 Å².